The lowest BCUT2D eigenvalue weighted by molar-refractivity contribution is 0.933. The van der Waals surface area contributed by atoms with E-state index in [9.17, 15) is 0 Å². The summed E-state index contributed by atoms with van der Waals surface area (Å²) in [4.78, 5) is 4.51. The Balaban J connectivity index is 1.96. The summed E-state index contributed by atoms with van der Waals surface area (Å²) >= 11 is 1.64. The molecule has 0 aliphatic rings. The van der Waals surface area contributed by atoms with Crippen molar-refractivity contribution in [2.24, 2.45) is 0 Å². The second-order valence-corrected chi connectivity index (χ2v) is 5.55. The van der Waals surface area contributed by atoms with Gasteiger partial charge in [0.05, 0.1) is 11.7 Å². The molecule has 0 amide bonds. The fraction of sp³-hybridized carbons (Fsp3) is 0.118. The van der Waals surface area contributed by atoms with Crippen molar-refractivity contribution in [3.05, 3.63) is 82.9 Å². The third-order valence-corrected chi connectivity index (χ3v) is 4.04. The summed E-state index contributed by atoms with van der Waals surface area (Å²) in [5.41, 5.74) is 3.54. The molecular weight excluding hydrogens is 264 g/mol. The Morgan fingerprint density at radius 2 is 1.45 bits per heavy atom. The first kappa shape index (κ1) is 12.9. The van der Waals surface area contributed by atoms with Gasteiger partial charge in [-0.3, -0.25) is 0 Å². The summed E-state index contributed by atoms with van der Waals surface area (Å²) in [6, 6.07) is 21.1. The van der Waals surface area contributed by atoms with Crippen LogP contribution in [0.25, 0.3) is 0 Å². The van der Waals surface area contributed by atoms with Gasteiger partial charge in [-0.1, -0.05) is 60.7 Å². The van der Waals surface area contributed by atoms with Crippen molar-refractivity contribution in [3.63, 3.8) is 0 Å². The van der Waals surface area contributed by atoms with Crippen LogP contribution in [0.2, 0.25) is 0 Å². The van der Waals surface area contributed by atoms with Crippen LogP contribution in [0.15, 0.2) is 66.0 Å². The number of anilines is 1. The lowest BCUT2D eigenvalue weighted by atomic mass is 9.99. The van der Waals surface area contributed by atoms with Gasteiger partial charge in [0.1, 0.15) is 0 Å². The number of benzene rings is 2. The van der Waals surface area contributed by atoms with Crippen LogP contribution >= 0.6 is 11.3 Å². The third kappa shape index (κ3) is 2.89. The number of rotatable bonds is 4. The molecular formula is C17H16N2S. The number of hydrogen-bond acceptors (Lipinski definition) is 3. The molecule has 0 spiro atoms. The van der Waals surface area contributed by atoms with E-state index >= 15 is 0 Å². The molecule has 1 aromatic heterocycles. The van der Waals surface area contributed by atoms with Gasteiger partial charge in [-0.15, -0.1) is 11.3 Å². The zero-order valence-corrected chi connectivity index (χ0v) is 12.1. The minimum absolute atomic E-state index is 0.128. The zero-order valence-electron chi connectivity index (χ0n) is 11.3. The smallest absolute Gasteiger partial charge is 0.183 e. The fourth-order valence-corrected chi connectivity index (χ4v) is 2.91. The van der Waals surface area contributed by atoms with Gasteiger partial charge < -0.3 is 5.32 Å². The van der Waals surface area contributed by atoms with Crippen molar-refractivity contribution in [1.82, 2.24) is 4.98 Å². The SMILES string of the molecule is Cc1csc(NC(c2ccccc2)c2ccccc2)n1. The van der Waals surface area contributed by atoms with Crippen LogP contribution in [0, 0.1) is 6.92 Å². The monoisotopic (exact) mass is 280 g/mol. The molecule has 0 unspecified atom stereocenters. The number of nitrogens with one attached hydrogen (secondary N) is 1. The molecule has 3 heteroatoms. The normalized spacial score (nSPS) is 10.7. The highest BCUT2D eigenvalue weighted by Gasteiger charge is 2.14. The summed E-state index contributed by atoms with van der Waals surface area (Å²) < 4.78 is 0. The Morgan fingerprint density at radius 1 is 0.900 bits per heavy atom. The predicted molar refractivity (Wildman–Crippen MR) is 85.2 cm³/mol. The van der Waals surface area contributed by atoms with Crippen molar-refractivity contribution in [2.45, 2.75) is 13.0 Å². The molecule has 100 valence electrons. The molecule has 0 aliphatic carbocycles. The second kappa shape index (κ2) is 5.88. The molecule has 2 nitrogen and oxygen atoms in total. The lowest BCUT2D eigenvalue weighted by Gasteiger charge is -2.19. The molecule has 20 heavy (non-hydrogen) atoms. The van der Waals surface area contributed by atoms with Gasteiger partial charge in [-0.25, -0.2) is 4.98 Å². The summed E-state index contributed by atoms with van der Waals surface area (Å²) in [6.07, 6.45) is 0. The van der Waals surface area contributed by atoms with Crippen LogP contribution < -0.4 is 5.32 Å². The van der Waals surface area contributed by atoms with Crippen molar-refractivity contribution in [2.75, 3.05) is 5.32 Å². The molecule has 0 radical (unpaired) electrons. The summed E-state index contributed by atoms with van der Waals surface area (Å²) in [5.74, 6) is 0. The number of aromatic nitrogens is 1. The van der Waals surface area contributed by atoms with E-state index in [1.807, 2.05) is 19.1 Å². The van der Waals surface area contributed by atoms with Crippen LogP contribution in [0.4, 0.5) is 5.13 Å². The maximum absolute atomic E-state index is 4.51. The predicted octanol–water partition coefficient (Wildman–Crippen LogP) is 4.65. The molecule has 2 aromatic carbocycles. The summed E-state index contributed by atoms with van der Waals surface area (Å²) in [5, 5.41) is 6.56. The van der Waals surface area contributed by atoms with E-state index in [0.717, 1.165) is 10.8 Å². The van der Waals surface area contributed by atoms with Gasteiger partial charge in [-0.2, -0.15) is 0 Å². The Labute approximate surface area is 123 Å². The molecule has 1 heterocycles. The molecule has 3 aromatic rings. The van der Waals surface area contributed by atoms with Crippen molar-refractivity contribution in [1.29, 1.82) is 0 Å². The highest BCUT2D eigenvalue weighted by atomic mass is 32.1. The van der Waals surface area contributed by atoms with Crippen molar-refractivity contribution in [3.8, 4) is 0 Å². The van der Waals surface area contributed by atoms with E-state index in [2.05, 4.69) is 64.2 Å². The summed E-state index contributed by atoms with van der Waals surface area (Å²) in [7, 11) is 0. The Bertz CT molecular complexity index is 622. The van der Waals surface area contributed by atoms with Crippen LogP contribution in [0.3, 0.4) is 0 Å². The van der Waals surface area contributed by atoms with Crippen molar-refractivity contribution < 1.29 is 0 Å². The molecule has 0 fully saturated rings. The van der Waals surface area contributed by atoms with Crippen molar-refractivity contribution >= 4 is 16.5 Å². The molecule has 3 rings (SSSR count). The number of aryl methyl sites for hydroxylation is 1. The van der Waals surface area contributed by atoms with Crippen LogP contribution in [-0.4, -0.2) is 4.98 Å². The average Bonchev–Trinajstić information content (AvgIpc) is 2.92. The third-order valence-electron chi connectivity index (χ3n) is 3.15. The Morgan fingerprint density at radius 3 is 1.90 bits per heavy atom. The quantitative estimate of drug-likeness (QED) is 0.752. The topological polar surface area (TPSA) is 24.9 Å². The zero-order chi connectivity index (χ0) is 13.8. The molecule has 0 saturated carbocycles. The highest BCUT2D eigenvalue weighted by molar-refractivity contribution is 7.13. The number of thiazole rings is 1. The van der Waals surface area contributed by atoms with Gasteiger partial charge in [0, 0.05) is 5.38 Å². The average molecular weight is 280 g/mol. The Kier molecular flexibility index (Phi) is 3.79. The van der Waals surface area contributed by atoms with E-state index in [4.69, 9.17) is 0 Å². The van der Waals surface area contributed by atoms with Gasteiger partial charge in [0.15, 0.2) is 5.13 Å². The Hall–Kier alpha value is -2.13. The minimum Gasteiger partial charge on any atom is -0.351 e. The summed E-state index contributed by atoms with van der Waals surface area (Å²) in [6.45, 7) is 2.02. The lowest BCUT2D eigenvalue weighted by Crippen LogP contribution is -2.12. The molecule has 0 bridgehead atoms. The number of hydrogen-bond donors (Lipinski definition) is 1. The largest absolute Gasteiger partial charge is 0.351 e. The van der Waals surface area contributed by atoms with Crippen LogP contribution in [-0.2, 0) is 0 Å². The van der Waals surface area contributed by atoms with Gasteiger partial charge in [0.2, 0.25) is 0 Å². The van der Waals surface area contributed by atoms with E-state index in [1.165, 1.54) is 11.1 Å². The van der Waals surface area contributed by atoms with E-state index in [1.54, 1.807) is 11.3 Å². The standard InChI is InChI=1S/C17H16N2S/c1-13-12-20-17(18-13)19-16(14-8-4-2-5-9-14)15-10-6-3-7-11-15/h2-12,16H,1H3,(H,18,19). The number of nitrogens with zero attached hydrogens (tertiary/aromatic N) is 1. The van der Waals surface area contributed by atoms with E-state index < -0.39 is 0 Å². The van der Waals surface area contributed by atoms with Gasteiger partial charge >= 0.3 is 0 Å². The first-order valence-electron chi connectivity index (χ1n) is 6.61. The maximum atomic E-state index is 4.51. The van der Waals surface area contributed by atoms with Gasteiger partial charge in [-0.05, 0) is 18.1 Å². The molecule has 1 N–H and O–H groups in total. The van der Waals surface area contributed by atoms with Gasteiger partial charge in [0.25, 0.3) is 0 Å². The first-order valence-corrected chi connectivity index (χ1v) is 7.49. The second-order valence-electron chi connectivity index (χ2n) is 4.69. The van der Waals surface area contributed by atoms with Crippen LogP contribution in [0.5, 0.6) is 0 Å². The fourth-order valence-electron chi connectivity index (χ4n) is 2.19. The molecule has 0 atom stereocenters. The molecule has 0 aliphatic heterocycles. The maximum Gasteiger partial charge on any atom is 0.183 e. The van der Waals surface area contributed by atoms with Crippen LogP contribution in [0.1, 0.15) is 22.9 Å². The molecule has 0 saturated heterocycles. The highest BCUT2D eigenvalue weighted by Crippen LogP contribution is 2.28. The minimum atomic E-state index is 0.128. The van der Waals surface area contributed by atoms with E-state index in [0.29, 0.717) is 0 Å². The van der Waals surface area contributed by atoms with E-state index in [-0.39, 0.29) is 6.04 Å². The first-order chi connectivity index (χ1) is 9.83.